The second-order valence-corrected chi connectivity index (χ2v) is 22.7. The van der Waals surface area contributed by atoms with E-state index in [0.29, 0.717) is 19.3 Å². The zero-order valence-electron chi connectivity index (χ0n) is 48.3. The summed E-state index contributed by atoms with van der Waals surface area (Å²) in [7, 11) is -4.74. The number of rotatable bonds is 59. The Balaban J connectivity index is 4.60. The topological polar surface area (TPSA) is 155 Å². The molecule has 0 radical (unpaired) electrons. The molecule has 3 atom stereocenters. The maximum absolute atomic E-state index is 12.9. The van der Waals surface area contributed by atoms with Crippen molar-refractivity contribution < 1.29 is 52.2 Å². The van der Waals surface area contributed by atoms with E-state index in [4.69, 9.17) is 23.3 Å². The monoisotopic (exact) mass is 1070 g/mol. The van der Waals surface area contributed by atoms with Gasteiger partial charge in [-0.2, -0.15) is 0 Å². The molecule has 11 nitrogen and oxygen atoms in total. The predicted octanol–water partition coefficient (Wildman–Crippen LogP) is 18.6. The highest BCUT2D eigenvalue weighted by atomic mass is 31.2. The molecule has 0 spiro atoms. The van der Waals surface area contributed by atoms with E-state index in [1.54, 1.807) is 0 Å². The normalized spacial score (nSPS) is 13.4. The van der Waals surface area contributed by atoms with Crippen LogP contribution in [0.4, 0.5) is 0 Å². The first kappa shape index (κ1) is 72.0. The maximum Gasteiger partial charge on any atom is 0.472 e. The molecule has 0 aromatic heterocycles. The van der Waals surface area contributed by atoms with Crippen molar-refractivity contribution in [1.29, 1.82) is 0 Å². The minimum atomic E-state index is -4.74. The van der Waals surface area contributed by atoms with E-state index >= 15 is 0 Å². The molecule has 0 saturated carbocycles. The van der Waals surface area contributed by atoms with Gasteiger partial charge in [-0.25, -0.2) is 4.57 Å². The quantitative estimate of drug-likeness (QED) is 0.0197. The van der Waals surface area contributed by atoms with Crippen LogP contribution >= 0.6 is 7.82 Å². The molecule has 0 amide bonds. The number of allylic oxidation sites excluding steroid dienone is 4. The van der Waals surface area contributed by atoms with Crippen molar-refractivity contribution in [1.82, 2.24) is 0 Å². The van der Waals surface area contributed by atoms with Crippen LogP contribution in [0.2, 0.25) is 0 Å². The van der Waals surface area contributed by atoms with E-state index in [1.165, 1.54) is 180 Å². The zero-order valence-corrected chi connectivity index (χ0v) is 49.2. The smallest absolute Gasteiger partial charge is 0.462 e. The van der Waals surface area contributed by atoms with Crippen LogP contribution in [0.3, 0.4) is 0 Å². The fraction of sp³-hybridized carbons (Fsp3) is 0.887. The number of aliphatic hydroxyl groups is 1. The molecule has 0 saturated heterocycles. The number of esters is 3. The number of carbonyl (C=O) groups excluding carboxylic acids is 3. The molecular weight excluding hydrogens is 952 g/mol. The third-order valence-electron chi connectivity index (χ3n) is 13.8. The molecule has 0 bridgehead atoms. The Morgan fingerprint density at radius 2 is 0.635 bits per heavy atom. The summed E-state index contributed by atoms with van der Waals surface area (Å²) in [6.07, 6.45) is 58.5. The summed E-state index contributed by atoms with van der Waals surface area (Å²) in [4.78, 5) is 48.6. The van der Waals surface area contributed by atoms with Gasteiger partial charge < -0.3 is 24.2 Å². The summed E-state index contributed by atoms with van der Waals surface area (Å²) < 4.78 is 39.6. The molecule has 0 rings (SSSR count). The van der Waals surface area contributed by atoms with Gasteiger partial charge in [-0.05, 0) is 64.2 Å². The lowest BCUT2D eigenvalue weighted by Gasteiger charge is -2.21. The molecule has 0 aliphatic heterocycles. The Hall–Kier alpha value is -2.04. The van der Waals surface area contributed by atoms with Gasteiger partial charge in [-0.3, -0.25) is 23.4 Å². The number of aliphatic hydroxyl groups excluding tert-OH is 1. The summed E-state index contributed by atoms with van der Waals surface area (Å²) in [5, 5.41) is 9.84. The van der Waals surface area contributed by atoms with Crippen molar-refractivity contribution in [2.24, 2.45) is 0 Å². The second kappa shape index (κ2) is 57.1. The average molecular weight is 1070 g/mol. The molecule has 12 heteroatoms. The van der Waals surface area contributed by atoms with Crippen LogP contribution < -0.4 is 0 Å². The second-order valence-electron chi connectivity index (χ2n) is 21.2. The molecule has 74 heavy (non-hydrogen) atoms. The average Bonchev–Trinajstić information content (AvgIpc) is 3.39. The first-order chi connectivity index (χ1) is 36.2. The Morgan fingerprint density at radius 3 is 0.973 bits per heavy atom. The summed E-state index contributed by atoms with van der Waals surface area (Å²) in [6.45, 7) is 4.66. The molecular formula is C62H117O11P. The van der Waals surface area contributed by atoms with E-state index < -0.39 is 57.8 Å². The molecule has 0 aliphatic rings. The highest BCUT2D eigenvalue weighted by molar-refractivity contribution is 7.47. The maximum atomic E-state index is 12.9. The number of hydrogen-bond acceptors (Lipinski definition) is 10. The van der Waals surface area contributed by atoms with Crippen molar-refractivity contribution in [3.05, 3.63) is 24.3 Å². The minimum Gasteiger partial charge on any atom is -0.462 e. The van der Waals surface area contributed by atoms with Crippen LogP contribution in [0.15, 0.2) is 24.3 Å². The van der Waals surface area contributed by atoms with Crippen molar-refractivity contribution in [2.45, 2.75) is 328 Å². The molecule has 436 valence electrons. The number of phosphoric acid groups is 1. The van der Waals surface area contributed by atoms with Gasteiger partial charge in [-0.1, -0.05) is 257 Å². The summed E-state index contributed by atoms with van der Waals surface area (Å²) in [5.41, 5.74) is 0. The van der Waals surface area contributed by atoms with E-state index in [-0.39, 0.29) is 25.9 Å². The predicted molar refractivity (Wildman–Crippen MR) is 307 cm³/mol. The SMILES string of the molecule is CCCC/C=C\CCCCCCCC(=O)OCC(COP(=O)(O)OCC(CO)OC(=O)CCCCCCCCCCCCCCCCCCC)OC(=O)CCCCCCCCCCC/C=C\CCCCCCCC. The number of carbonyl (C=O) groups is 3. The Labute approximate surface area is 455 Å². The van der Waals surface area contributed by atoms with Gasteiger partial charge >= 0.3 is 25.7 Å². The van der Waals surface area contributed by atoms with Crippen LogP contribution in [-0.4, -0.2) is 66.5 Å². The fourth-order valence-corrected chi connectivity index (χ4v) is 9.82. The third kappa shape index (κ3) is 54.7. The third-order valence-corrected chi connectivity index (χ3v) is 14.8. The summed E-state index contributed by atoms with van der Waals surface area (Å²) in [5.74, 6) is -1.45. The first-order valence-corrected chi connectivity index (χ1v) is 32.7. The number of ether oxygens (including phenoxy) is 3. The lowest BCUT2D eigenvalue weighted by Crippen LogP contribution is -2.30. The summed E-state index contributed by atoms with van der Waals surface area (Å²) in [6, 6.07) is 0. The fourth-order valence-electron chi connectivity index (χ4n) is 9.04. The van der Waals surface area contributed by atoms with Crippen molar-refractivity contribution >= 4 is 25.7 Å². The van der Waals surface area contributed by atoms with E-state index in [2.05, 4.69) is 45.1 Å². The zero-order chi connectivity index (χ0) is 54.1. The van der Waals surface area contributed by atoms with Crippen LogP contribution in [-0.2, 0) is 42.2 Å². The van der Waals surface area contributed by atoms with E-state index in [9.17, 15) is 28.9 Å². The highest BCUT2D eigenvalue weighted by Crippen LogP contribution is 2.43. The molecule has 0 aromatic rings. The summed E-state index contributed by atoms with van der Waals surface area (Å²) >= 11 is 0. The van der Waals surface area contributed by atoms with E-state index in [0.717, 1.165) is 77.0 Å². The standard InChI is InChI=1S/C62H117O11P/c1-4-7-10-13-16-19-22-24-26-28-29-31-33-35-38-41-44-47-50-53-62(66)73-59(55-69-60(64)51-48-45-42-39-36-21-18-15-12-9-6-3)57-71-74(67,68)70-56-58(54-63)72-61(65)52-49-46-43-40-37-34-32-30-27-25-23-20-17-14-11-8-5-2/h15,18,24,26,58-59,63H,4-14,16-17,19-23,25,27-57H2,1-3H3,(H,67,68)/b18-15-,26-24-. The van der Waals surface area contributed by atoms with Crippen LogP contribution in [0.1, 0.15) is 316 Å². The lowest BCUT2D eigenvalue weighted by atomic mass is 10.0. The molecule has 0 heterocycles. The van der Waals surface area contributed by atoms with Crippen molar-refractivity contribution in [3.63, 3.8) is 0 Å². The van der Waals surface area contributed by atoms with E-state index in [1.807, 2.05) is 0 Å². The number of unbranched alkanes of at least 4 members (excludes halogenated alkanes) is 38. The van der Waals surface area contributed by atoms with Gasteiger partial charge in [0, 0.05) is 19.3 Å². The van der Waals surface area contributed by atoms with Gasteiger partial charge in [0.25, 0.3) is 0 Å². The highest BCUT2D eigenvalue weighted by Gasteiger charge is 2.28. The molecule has 0 aromatic carbocycles. The van der Waals surface area contributed by atoms with Crippen molar-refractivity contribution in [3.8, 4) is 0 Å². The van der Waals surface area contributed by atoms with Crippen LogP contribution in [0.25, 0.3) is 0 Å². The number of phosphoric ester groups is 1. The largest absolute Gasteiger partial charge is 0.472 e. The lowest BCUT2D eigenvalue weighted by molar-refractivity contribution is -0.161. The molecule has 3 unspecified atom stereocenters. The minimum absolute atomic E-state index is 0.168. The van der Waals surface area contributed by atoms with Gasteiger partial charge in [0.2, 0.25) is 0 Å². The van der Waals surface area contributed by atoms with Crippen LogP contribution in [0, 0.1) is 0 Å². The van der Waals surface area contributed by atoms with Crippen molar-refractivity contribution in [2.75, 3.05) is 26.4 Å². The van der Waals surface area contributed by atoms with Gasteiger partial charge in [0.1, 0.15) is 12.7 Å². The molecule has 2 N–H and O–H groups in total. The first-order valence-electron chi connectivity index (χ1n) is 31.2. The van der Waals surface area contributed by atoms with Gasteiger partial charge in [0.15, 0.2) is 6.10 Å². The Morgan fingerprint density at radius 1 is 0.365 bits per heavy atom. The Bertz CT molecular complexity index is 1340. The number of hydrogen-bond donors (Lipinski definition) is 2. The molecule has 0 aliphatic carbocycles. The van der Waals surface area contributed by atoms with Gasteiger partial charge in [-0.15, -0.1) is 0 Å². The Kier molecular flexibility index (Phi) is 55.6. The van der Waals surface area contributed by atoms with Crippen LogP contribution in [0.5, 0.6) is 0 Å². The molecule has 0 fully saturated rings. The van der Waals surface area contributed by atoms with Gasteiger partial charge in [0.05, 0.1) is 19.8 Å².